The fraction of sp³-hybridized carbons (Fsp3) is 0.375. The van der Waals surface area contributed by atoms with Gasteiger partial charge in [-0.2, -0.15) is 0 Å². The molecule has 3 aromatic rings. The van der Waals surface area contributed by atoms with Crippen molar-refractivity contribution >= 4 is 11.9 Å². The van der Waals surface area contributed by atoms with Gasteiger partial charge in [-0.15, -0.1) is 0 Å². The van der Waals surface area contributed by atoms with Crippen LogP contribution in [0.5, 0.6) is 28.7 Å². The average Bonchev–Trinajstić information content (AvgIpc) is 3.05. The number of phenols is 1. The molecule has 0 radical (unpaired) electrons. The summed E-state index contributed by atoms with van der Waals surface area (Å²) < 4.78 is 32.7. The Morgan fingerprint density at radius 1 is 0.822 bits per heavy atom. The van der Waals surface area contributed by atoms with Crippen LogP contribution in [0.15, 0.2) is 54.6 Å². The zero-order valence-electron chi connectivity index (χ0n) is 24.9. The van der Waals surface area contributed by atoms with Crippen LogP contribution in [0.4, 0.5) is 0 Å². The number of carboxylic acid groups (broad SMARTS) is 1. The fourth-order valence-electron chi connectivity index (χ4n) is 4.67. The lowest BCUT2D eigenvalue weighted by atomic mass is 9.99. The van der Waals surface area contributed by atoms with Gasteiger partial charge in [0.05, 0.1) is 32.0 Å². The summed E-state index contributed by atoms with van der Waals surface area (Å²) in [6.45, 7) is 1.70. The van der Waals surface area contributed by atoms with Gasteiger partial charge in [-0.3, -0.25) is 0 Å². The molecule has 1 aliphatic heterocycles. The number of carboxylic acids is 1. The molecule has 242 valence electrons. The zero-order chi connectivity index (χ0) is 32.7. The Kier molecular flexibility index (Phi) is 11.1. The average molecular weight is 629 g/mol. The molecule has 13 nitrogen and oxygen atoms in total. The van der Waals surface area contributed by atoms with E-state index in [2.05, 4.69) is 13.0 Å². The minimum atomic E-state index is -1.75. The number of phenolic OH excluding ortho intramolecular Hbond substituents is 1. The van der Waals surface area contributed by atoms with E-state index in [0.29, 0.717) is 6.42 Å². The van der Waals surface area contributed by atoms with E-state index >= 15 is 0 Å². The van der Waals surface area contributed by atoms with Gasteiger partial charge in [0.2, 0.25) is 12.0 Å². The van der Waals surface area contributed by atoms with Crippen LogP contribution in [-0.2, 0) is 22.3 Å². The molecule has 1 saturated heterocycles. The number of aliphatic hydroxyl groups excluding tert-OH is 3. The van der Waals surface area contributed by atoms with Crippen molar-refractivity contribution in [3.63, 3.8) is 0 Å². The summed E-state index contributed by atoms with van der Waals surface area (Å²) in [6.07, 6.45) is -6.58. The smallest absolute Gasteiger partial charge is 0.338 e. The van der Waals surface area contributed by atoms with E-state index in [1.807, 2.05) is 18.2 Å². The predicted octanol–water partition coefficient (Wildman–Crippen LogP) is 2.33. The molecule has 1 fully saturated rings. The third-order valence-corrected chi connectivity index (χ3v) is 7.24. The standard InChI is InChI=1S/C32H36O13/c1-4-17-6-5-7-18(12-17)10-11-42-24-15-20(14-23(41-3)26(24)33)31(39)43-16-25-27(34)28(35)29(36)32(45-25)44-21-9-8-19(30(37)38)13-22(21)40-2/h5-9,12-15,25,27-29,32-36H,4,10-11,16H2,1-3H3,(H,37,38). The van der Waals surface area contributed by atoms with Gasteiger partial charge in [0.15, 0.2) is 23.0 Å². The molecule has 0 saturated carbocycles. The molecule has 1 heterocycles. The summed E-state index contributed by atoms with van der Waals surface area (Å²) in [4.78, 5) is 24.3. The maximum Gasteiger partial charge on any atom is 0.338 e. The molecule has 0 bridgehead atoms. The van der Waals surface area contributed by atoms with Crippen molar-refractivity contribution in [3.8, 4) is 28.7 Å². The molecule has 0 amide bonds. The highest BCUT2D eigenvalue weighted by atomic mass is 16.7. The van der Waals surface area contributed by atoms with E-state index < -0.39 is 49.3 Å². The third-order valence-electron chi connectivity index (χ3n) is 7.24. The normalized spacial score (nSPS) is 21.1. The molecular weight excluding hydrogens is 592 g/mol. The van der Waals surface area contributed by atoms with E-state index in [4.69, 9.17) is 28.4 Å². The van der Waals surface area contributed by atoms with Crippen LogP contribution >= 0.6 is 0 Å². The molecule has 1 aliphatic rings. The highest BCUT2D eigenvalue weighted by Crippen LogP contribution is 2.38. The number of aromatic hydroxyl groups is 1. The number of aliphatic hydroxyl groups is 3. The van der Waals surface area contributed by atoms with E-state index in [-0.39, 0.29) is 46.5 Å². The monoisotopic (exact) mass is 628 g/mol. The summed E-state index contributed by atoms with van der Waals surface area (Å²) in [5, 5.41) is 51.2. The van der Waals surface area contributed by atoms with E-state index in [1.54, 1.807) is 0 Å². The molecule has 5 atom stereocenters. The fourth-order valence-corrected chi connectivity index (χ4v) is 4.67. The molecule has 0 aliphatic carbocycles. The van der Waals surface area contributed by atoms with Crippen LogP contribution in [0.2, 0.25) is 0 Å². The highest BCUT2D eigenvalue weighted by molar-refractivity contribution is 5.91. The number of carbonyl (C=O) groups is 2. The van der Waals surface area contributed by atoms with Crippen LogP contribution in [0.3, 0.4) is 0 Å². The maximum atomic E-state index is 13.0. The topological polar surface area (TPSA) is 191 Å². The van der Waals surface area contributed by atoms with Crippen molar-refractivity contribution in [2.24, 2.45) is 0 Å². The van der Waals surface area contributed by atoms with Crippen LogP contribution in [0.1, 0.15) is 38.8 Å². The summed E-state index contributed by atoms with van der Waals surface area (Å²) in [6, 6.07) is 14.3. The van der Waals surface area contributed by atoms with E-state index in [1.165, 1.54) is 50.1 Å². The number of hydrogen-bond donors (Lipinski definition) is 5. The molecule has 13 heteroatoms. The number of rotatable bonds is 13. The molecule has 0 spiro atoms. The van der Waals surface area contributed by atoms with Gasteiger partial charge in [-0.05, 0) is 47.9 Å². The lowest BCUT2D eigenvalue weighted by Gasteiger charge is -2.40. The highest BCUT2D eigenvalue weighted by Gasteiger charge is 2.45. The van der Waals surface area contributed by atoms with Gasteiger partial charge >= 0.3 is 11.9 Å². The molecule has 5 unspecified atom stereocenters. The van der Waals surface area contributed by atoms with E-state index in [0.717, 1.165) is 12.0 Å². The Balaban J connectivity index is 1.43. The zero-order valence-corrected chi connectivity index (χ0v) is 24.9. The lowest BCUT2D eigenvalue weighted by molar-refractivity contribution is -0.277. The first kappa shape index (κ1) is 33.3. The number of aromatic carboxylic acids is 1. The number of carbonyl (C=O) groups excluding carboxylic acids is 1. The molecule has 0 aromatic heterocycles. The molecule has 3 aromatic carbocycles. The van der Waals surface area contributed by atoms with Crippen LogP contribution in [-0.4, -0.2) is 95.6 Å². The van der Waals surface area contributed by atoms with Gasteiger partial charge in [-0.25, -0.2) is 9.59 Å². The van der Waals surface area contributed by atoms with Gasteiger partial charge < -0.3 is 54.0 Å². The Bertz CT molecular complexity index is 1490. The van der Waals surface area contributed by atoms with Crippen molar-refractivity contribution in [1.82, 2.24) is 0 Å². The van der Waals surface area contributed by atoms with Gasteiger partial charge in [-0.1, -0.05) is 31.2 Å². The summed E-state index contributed by atoms with van der Waals surface area (Å²) in [5.74, 6) is -2.40. The predicted molar refractivity (Wildman–Crippen MR) is 157 cm³/mol. The number of benzene rings is 3. The Hall–Kier alpha value is -4.56. The van der Waals surface area contributed by atoms with E-state index in [9.17, 15) is 35.1 Å². The lowest BCUT2D eigenvalue weighted by Crippen LogP contribution is -2.60. The van der Waals surface area contributed by atoms with Crippen LogP contribution < -0.4 is 18.9 Å². The van der Waals surface area contributed by atoms with Gasteiger partial charge in [0.1, 0.15) is 31.0 Å². The van der Waals surface area contributed by atoms with Crippen molar-refractivity contribution in [2.75, 3.05) is 27.4 Å². The quantitative estimate of drug-likeness (QED) is 0.174. The largest absolute Gasteiger partial charge is 0.502 e. The number of methoxy groups -OCH3 is 2. The first-order chi connectivity index (χ1) is 21.6. The van der Waals surface area contributed by atoms with Crippen molar-refractivity contribution in [2.45, 2.75) is 50.5 Å². The third kappa shape index (κ3) is 7.94. The second-order valence-corrected chi connectivity index (χ2v) is 10.2. The maximum absolute atomic E-state index is 13.0. The molecular formula is C32H36O13. The Labute approximate surface area is 259 Å². The Morgan fingerprint density at radius 2 is 1.51 bits per heavy atom. The molecule has 4 rings (SSSR count). The molecule has 45 heavy (non-hydrogen) atoms. The number of hydrogen-bond acceptors (Lipinski definition) is 12. The first-order valence-corrected chi connectivity index (χ1v) is 14.1. The summed E-state index contributed by atoms with van der Waals surface area (Å²) >= 11 is 0. The Morgan fingerprint density at radius 3 is 2.20 bits per heavy atom. The second-order valence-electron chi connectivity index (χ2n) is 10.2. The molecule has 5 N–H and O–H groups in total. The van der Waals surface area contributed by atoms with Crippen LogP contribution in [0.25, 0.3) is 0 Å². The number of ether oxygens (including phenoxy) is 6. The SMILES string of the molecule is CCc1cccc(CCOc2cc(C(=O)OCC3OC(Oc4ccc(C(=O)O)cc4OC)C(O)C(O)C3O)cc(OC)c2O)c1. The van der Waals surface area contributed by atoms with Gasteiger partial charge in [0, 0.05) is 6.42 Å². The van der Waals surface area contributed by atoms with Gasteiger partial charge in [0.25, 0.3) is 0 Å². The minimum absolute atomic E-state index is 0.00299. The second kappa shape index (κ2) is 14.9. The number of esters is 1. The van der Waals surface area contributed by atoms with Crippen molar-refractivity contribution < 1.29 is 63.5 Å². The summed E-state index contributed by atoms with van der Waals surface area (Å²) in [5.41, 5.74) is 2.12. The summed E-state index contributed by atoms with van der Waals surface area (Å²) in [7, 11) is 2.60. The van der Waals surface area contributed by atoms with Crippen molar-refractivity contribution in [3.05, 3.63) is 76.9 Å². The minimum Gasteiger partial charge on any atom is -0.502 e. The van der Waals surface area contributed by atoms with Crippen molar-refractivity contribution in [1.29, 1.82) is 0 Å². The first-order valence-electron chi connectivity index (χ1n) is 14.1. The number of aryl methyl sites for hydroxylation is 1. The van der Waals surface area contributed by atoms with Crippen LogP contribution in [0, 0.1) is 0 Å².